The van der Waals surface area contributed by atoms with E-state index in [2.05, 4.69) is 16.7 Å². The van der Waals surface area contributed by atoms with Gasteiger partial charge in [-0.2, -0.15) is 11.8 Å². The van der Waals surface area contributed by atoms with Gasteiger partial charge in [0.15, 0.2) is 0 Å². The van der Waals surface area contributed by atoms with Gasteiger partial charge < -0.3 is 19.5 Å². The first-order valence-corrected chi connectivity index (χ1v) is 24.6. The second-order valence-electron chi connectivity index (χ2n) is 16.7. The van der Waals surface area contributed by atoms with Gasteiger partial charge in [-0.15, -0.1) is 0 Å². The van der Waals surface area contributed by atoms with Gasteiger partial charge in [0.05, 0.1) is 25.0 Å². The second kappa shape index (κ2) is 36.8. The summed E-state index contributed by atoms with van der Waals surface area (Å²) in [5.74, 6) is 2.96. The Kier molecular flexibility index (Phi) is 33.6. The highest BCUT2D eigenvalue weighted by Gasteiger charge is 2.20. The Hall–Kier alpha value is -0.790. The monoisotopic (exact) mass is 766 g/mol. The summed E-state index contributed by atoms with van der Waals surface area (Å²) in [6.07, 6.45) is 40.6. The van der Waals surface area contributed by atoms with Crippen molar-refractivity contribution in [2.45, 2.75) is 218 Å². The molecule has 1 aliphatic carbocycles. The van der Waals surface area contributed by atoms with E-state index in [4.69, 9.17) is 9.47 Å². The van der Waals surface area contributed by atoms with Gasteiger partial charge >= 0.3 is 11.9 Å². The second-order valence-corrected chi connectivity index (χ2v) is 17.9. The van der Waals surface area contributed by atoms with Gasteiger partial charge in [-0.3, -0.25) is 9.59 Å². The first kappa shape index (κ1) is 48.4. The van der Waals surface area contributed by atoms with E-state index in [1.165, 1.54) is 153 Å². The van der Waals surface area contributed by atoms with E-state index >= 15 is 0 Å². The molecule has 2 aliphatic rings. The van der Waals surface area contributed by atoms with Crippen LogP contribution in [0.25, 0.3) is 0 Å². The summed E-state index contributed by atoms with van der Waals surface area (Å²) in [6, 6.07) is 0. The molecule has 0 aromatic carbocycles. The lowest BCUT2D eigenvalue weighted by molar-refractivity contribution is -0.150. The fraction of sp³-hybridized carbons (Fsp3) is 0.957. The Bertz CT molecular complexity index is 798. The molecule has 53 heavy (non-hydrogen) atoms. The Morgan fingerprint density at radius 2 is 0.755 bits per heavy atom. The van der Waals surface area contributed by atoms with E-state index in [9.17, 15) is 14.7 Å². The maximum Gasteiger partial charge on any atom is 0.308 e. The molecule has 2 fully saturated rings. The molecular weight excluding hydrogens is 679 g/mol. The van der Waals surface area contributed by atoms with Gasteiger partial charge in [0, 0.05) is 6.61 Å². The van der Waals surface area contributed by atoms with Crippen LogP contribution in [0.3, 0.4) is 0 Å². The molecule has 1 heterocycles. The van der Waals surface area contributed by atoms with Crippen LogP contribution in [0, 0.1) is 11.8 Å². The first-order valence-electron chi connectivity index (χ1n) is 23.4. The van der Waals surface area contributed by atoms with Crippen molar-refractivity contribution >= 4 is 23.7 Å². The molecule has 0 aromatic rings. The van der Waals surface area contributed by atoms with Gasteiger partial charge in [-0.1, -0.05) is 141 Å². The lowest BCUT2D eigenvalue weighted by Crippen LogP contribution is -2.27. The van der Waals surface area contributed by atoms with Crippen LogP contribution >= 0.6 is 11.8 Å². The number of nitrogens with zero attached hydrogens (tertiary/aromatic N) is 1. The summed E-state index contributed by atoms with van der Waals surface area (Å²) in [5.41, 5.74) is 0. The van der Waals surface area contributed by atoms with E-state index in [1.54, 1.807) is 0 Å². The van der Waals surface area contributed by atoms with Crippen molar-refractivity contribution < 1.29 is 24.2 Å². The highest BCUT2D eigenvalue weighted by molar-refractivity contribution is 7.99. The number of hydrogen-bond acceptors (Lipinski definition) is 7. The average molecular weight is 766 g/mol. The molecule has 6 nitrogen and oxygen atoms in total. The van der Waals surface area contributed by atoms with Crippen LogP contribution < -0.4 is 0 Å². The third kappa shape index (κ3) is 29.2. The number of unbranched alkanes of at least 4 members (excludes halogenated alkanes) is 7. The molecule has 1 atom stereocenters. The minimum absolute atomic E-state index is 0.0649. The predicted octanol–water partition coefficient (Wildman–Crippen LogP) is 12.6. The third-order valence-corrected chi connectivity index (χ3v) is 13.0. The van der Waals surface area contributed by atoms with Crippen LogP contribution in [0.5, 0.6) is 0 Å². The van der Waals surface area contributed by atoms with Gasteiger partial charge in [-0.25, -0.2) is 0 Å². The zero-order valence-electron chi connectivity index (χ0n) is 34.8. The van der Waals surface area contributed by atoms with Gasteiger partial charge in [0.25, 0.3) is 0 Å². The van der Waals surface area contributed by atoms with Crippen molar-refractivity contribution in [3.8, 4) is 0 Å². The number of carbonyl (C=O) groups is 2. The number of thioether (sulfide) groups is 1. The maximum atomic E-state index is 13.0. The molecule has 1 aliphatic heterocycles. The molecule has 1 saturated heterocycles. The molecule has 1 N–H and O–H groups in total. The zero-order valence-corrected chi connectivity index (χ0v) is 35.6. The Balaban J connectivity index is 1.56. The lowest BCUT2D eigenvalue weighted by Gasteiger charge is -2.22. The number of aliphatic hydroxyl groups excluding tert-OH is 1. The number of carbonyl (C=O) groups excluding carboxylic acids is 2. The summed E-state index contributed by atoms with van der Waals surface area (Å²) in [7, 11) is 0. The van der Waals surface area contributed by atoms with Crippen molar-refractivity contribution in [3.05, 3.63) is 0 Å². The summed E-state index contributed by atoms with van der Waals surface area (Å²) in [6.45, 7) is 4.67. The van der Waals surface area contributed by atoms with Gasteiger partial charge in [0.1, 0.15) is 0 Å². The zero-order chi connectivity index (χ0) is 37.7. The molecule has 0 spiro atoms. The van der Waals surface area contributed by atoms with Crippen LogP contribution in [-0.2, 0) is 19.1 Å². The van der Waals surface area contributed by atoms with Crippen molar-refractivity contribution in [3.63, 3.8) is 0 Å². The average Bonchev–Trinajstić information content (AvgIpc) is 3.17. The minimum atomic E-state index is 0.0649. The van der Waals surface area contributed by atoms with Crippen LogP contribution in [0.4, 0.5) is 0 Å². The summed E-state index contributed by atoms with van der Waals surface area (Å²) in [4.78, 5) is 28.5. The van der Waals surface area contributed by atoms with E-state index in [1.807, 2.05) is 0 Å². The Morgan fingerprint density at radius 1 is 0.434 bits per heavy atom. The maximum absolute atomic E-state index is 13.0. The fourth-order valence-electron chi connectivity index (χ4n) is 8.25. The number of hydrogen-bond donors (Lipinski definition) is 1. The Labute approximate surface area is 332 Å². The molecule has 7 heteroatoms. The van der Waals surface area contributed by atoms with Crippen LogP contribution in [0.2, 0.25) is 0 Å². The van der Waals surface area contributed by atoms with Crippen molar-refractivity contribution in [2.24, 2.45) is 11.8 Å². The summed E-state index contributed by atoms with van der Waals surface area (Å²) >= 11 is 2.13. The SMILES string of the molecule is O=C(OCCCCCCN(CCCCO)CCCCCCOC(=O)C1CCCCCCCSCCCCCC1)C1CCCCCCCCCCCCC1. The van der Waals surface area contributed by atoms with E-state index in [0.717, 1.165) is 96.7 Å². The quantitative estimate of drug-likeness (QED) is 0.0977. The normalized spacial score (nSPS) is 20.5. The molecular formula is C46H87NO5S. The third-order valence-electron chi connectivity index (χ3n) is 11.8. The summed E-state index contributed by atoms with van der Waals surface area (Å²) in [5, 5.41) is 9.32. The van der Waals surface area contributed by atoms with E-state index < -0.39 is 0 Å². The smallest absolute Gasteiger partial charge is 0.308 e. The van der Waals surface area contributed by atoms with Gasteiger partial charge in [0.2, 0.25) is 0 Å². The topological polar surface area (TPSA) is 76.1 Å². The van der Waals surface area contributed by atoms with Crippen molar-refractivity contribution in [2.75, 3.05) is 51.0 Å². The highest BCUT2D eigenvalue weighted by atomic mass is 32.2. The van der Waals surface area contributed by atoms with Crippen molar-refractivity contribution in [1.29, 1.82) is 0 Å². The summed E-state index contributed by atoms with van der Waals surface area (Å²) < 4.78 is 11.6. The molecule has 0 aromatic heterocycles. The lowest BCUT2D eigenvalue weighted by atomic mass is 9.93. The standard InChI is InChI=1S/C46H87NO5S/c48-38-26-25-37-47(35-23-13-15-27-39-51-45(49)43-31-19-9-6-4-2-1-3-5-7-10-20-32-43)36-24-14-16-28-40-52-46(50)44-33-21-11-8-17-29-41-53-42-30-18-12-22-34-44/h43-44,48H,1-42H2. The molecule has 312 valence electrons. The first-order chi connectivity index (χ1) is 26.2. The molecule has 1 saturated carbocycles. The molecule has 2 rings (SSSR count). The molecule has 0 amide bonds. The van der Waals surface area contributed by atoms with Crippen LogP contribution in [-0.4, -0.2) is 72.9 Å². The highest BCUT2D eigenvalue weighted by Crippen LogP contribution is 2.24. The molecule has 1 unspecified atom stereocenters. The fourth-order valence-corrected chi connectivity index (χ4v) is 9.27. The molecule has 0 radical (unpaired) electrons. The minimum Gasteiger partial charge on any atom is -0.465 e. The molecule has 0 bridgehead atoms. The van der Waals surface area contributed by atoms with Gasteiger partial charge in [-0.05, 0) is 108 Å². The van der Waals surface area contributed by atoms with E-state index in [-0.39, 0.29) is 30.4 Å². The van der Waals surface area contributed by atoms with Crippen molar-refractivity contribution in [1.82, 2.24) is 4.90 Å². The van der Waals surface area contributed by atoms with Crippen LogP contribution in [0.15, 0.2) is 0 Å². The van der Waals surface area contributed by atoms with Crippen LogP contribution in [0.1, 0.15) is 218 Å². The number of aliphatic hydroxyl groups is 1. The number of rotatable bonds is 20. The van der Waals surface area contributed by atoms with E-state index in [0.29, 0.717) is 13.2 Å². The predicted molar refractivity (Wildman–Crippen MR) is 227 cm³/mol. The Morgan fingerprint density at radius 3 is 1.13 bits per heavy atom. The number of ether oxygens (including phenoxy) is 2. The number of esters is 2. The largest absolute Gasteiger partial charge is 0.465 e.